The van der Waals surface area contributed by atoms with Crippen molar-refractivity contribution in [3.8, 4) is 5.75 Å². The quantitative estimate of drug-likeness (QED) is 0.424. The van der Waals surface area contributed by atoms with Gasteiger partial charge in [0.15, 0.2) is 11.6 Å². The first-order chi connectivity index (χ1) is 19.5. The molecule has 2 aromatic carbocycles. The van der Waals surface area contributed by atoms with Crippen LogP contribution in [0.4, 0.5) is 32.0 Å². The number of halogens is 6. The zero-order valence-electron chi connectivity index (χ0n) is 21.8. The fourth-order valence-corrected chi connectivity index (χ4v) is 6.03. The molecule has 41 heavy (non-hydrogen) atoms. The third-order valence-corrected chi connectivity index (χ3v) is 7.88. The molecule has 218 valence electrons. The van der Waals surface area contributed by atoms with Crippen molar-refractivity contribution in [1.82, 2.24) is 5.32 Å². The van der Waals surface area contributed by atoms with E-state index in [1.165, 1.54) is 7.11 Å². The highest BCUT2D eigenvalue weighted by Gasteiger charge is 2.54. The van der Waals surface area contributed by atoms with E-state index < -0.39 is 53.0 Å². The minimum absolute atomic E-state index is 0.209. The molecule has 1 aliphatic heterocycles. The van der Waals surface area contributed by atoms with E-state index in [9.17, 15) is 35.9 Å². The number of nitrogens with one attached hydrogen (secondary N) is 2. The highest BCUT2D eigenvalue weighted by atomic mass is 19.4. The Bertz CT molecular complexity index is 1440. The molecule has 1 heterocycles. The Morgan fingerprint density at radius 3 is 2.44 bits per heavy atom. The van der Waals surface area contributed by atoms with Crippen molar-refractivity contribution >= 4 is 17.5 Å². The topological polar surface area (TPSA) is 76.7 Å². The zero-order chi connectivity index (χ0) is 29.5. The number of alkyl halides is 3. The number of hydrogen-bond donors (Lipinski definition) is 2. The lowest BCUT2D eigenvalue weighted by atomic mass is 9.83. The van der Waals surface area contributed by atoms with Crippen LogP contribution >= 0.6 is 0 Å². The number of anilines is 1. The van der Waals surface area contributed by atoms with Crippen LogP contribution in [0.25, 0.3) is 0 Å². The van der Waals surface area contributed by atoms with E-state index in [1.54, 1.807) is 0 Å². The lowest BCUT2D eigenvalue weighted by molar-refractivity contribution is -0.140. The van der Waals surface area contributed by atoms with Gasteiger partial charge in [0, 0.05) is 23.7 Å². The largest absolute Gasteiger partial charge is 0.496 e. The molecule has 5 rings (SSSR count). The van der Waals surface area contributed by atoms with E-state index in [0.29, 0.717) is 50.7 Å². The van der Waals surface area contributed by atoms with Gasteiger partial charge in [-0.25, -0.2) is 13.2 Å². The molecule has 3 aliphatic rings. The number of carbonyl (C=O) groups is 2. The first-order valence-corrected chi connectivity index (χ1v) is 13.0. The van der Waals surface area contributed by atoms with Crippen LogP contribution in [0.5, 0.6) is 5.75 Å². The maximum absolute atomic E-state index is 14.0. The molecule has 6 nitrogen and oxygen atoms in total. The second kappa shape index (κ2) is 11.2. The summed E-state index contributed by atoms with van der Waals surface area (Å²) in [5.41, 5.74) is -0.137. The van der Waals surface area contributed by atoms with Crippen LogP contribution < -0.4 is 15.4 Å². The smallest absolute Gasteiger partial charge is 0.419 e. The molecule has 12 heteroatoms. The van der Waals surface area contributed by atoms with Gasteiger partial charge in [-0.1, -0.05) is 17.7 Å². The van der Waals surface area contributed by atoms with Crippen molar-refractivity contribution < 1.29 is 45.4 Å². The number of rotatable bonds is 6. The van der Waals surface area contributed by atoms with Crippen molar-refractivity contribution in [3.05, 3.63) is 82.2 Å². The summed E-state index contributed by atoms with van der Waals surface area (Å²) in [6, 6.07) is 2.80. The van der Waals surface area contributed by atoms with Gasteiger partial charge in [0.25, 0.3) is 5.91 Å². The number of ether oxygens (including phenoxy) is 2. The second-order valence-corrected chi connectivity index (χ2v) is 10.2. The van der Waals surface area contributed by atoms with Gasteiger partial charge < -0.3 is 20.1 Å². The number of allylic oxidation sites excluding steroid dienone is 1. The van der Waals surface area contributed by atoms with Crippen LogP contribution in [-0.4, -0.2) is 38.2 Å². The van der Waals surface area contributed by atoms with Crippen LogP contribution in [0.1, 0.15) is 35.2 Å². The molecule has 2 aliphatic carbocycles. The Kier molecular flexibility index (Phi) is 7.87. The summed E-state index contributed by atoms with van der Waals surface area (Å²) >= 11 is 0. The fraction of sp³-hybridized carbons (Fsp3) is 0.379. The summed E-state index contributed by atoms with van der Waals surface area (Å²) < 4.78 is 91.8. The standard InChI is InChI=1S/C29H26F6N2O4/c1-40-24-13-23(32)22(31)12-19(24)27(38)37-26-17-4-3-16(18(17)10-14-6-8-41-9-7-14)25(26)28(39)36-15-2-5-21(30)20(11-15)29(33,34)35/h2,5-6,10-13,16-17,25-26H,3-4,7-9H2,1H3,(H,36,39)(H,37,38)/t16?,17?,25-,26+/m0/s1. The van der Waals surface area contributed by atoms with Gasteiger partial charge in [-0.2, -0.15) is 13.2 Å². The molecule has 4 atom stereocenters. The van der Waals surface area contributed by atoms with E-state index in [1.807, 2.05) is 12.2 Å². The molecule has 2 bridgehead atoms. The number of amides is 2. The first kappa shape index (κ1) is 28.7. The molecule has 2 aromatic rings. The summed E-state index contributed by atoms with van der Waals surface area (Å²) in [6.45, 7) is 0.956. The second-order valence-electron chi connectivity index (χ2n) is 10.2. The van der Waals surface area contributed by atoms with Crippen molar-refractivity contribution in [1.29, 1.82) is 0 Å². The molecule has 0 radical (unpaired) electrons. The molecule has 0 spiro atoms. The minimum atomic E-state index is -4.97. The molecule has 0 aromatic heterocycles. The number of benzene rings is 2. The third kappa shape index (κ3) is 5.70. The van der Waals surface area contributed by atoms with Crippen LogP contribution in [0.3, 0.4) is 0 Å². The number of fused-ring (bicyclic) bond motifs is 2. The molecule has 2 amide bonds. The lowest BCUT2D eigenvalue weighted by Gasteiger charge is -2.30. The summed E-state index contributed by atoms with van der Waals surface area (Å²) in [7, 11) is 1.19. The van der Waals surface area contributed by atoms with Crippen molar-refractivity contribution in [2.75, 3.05) is 25.6 Å². The predicted molar refractivity (Wildman–Crippen MR) is 136 cm³/mol. The first-order valence-electron chi connectivity index (χ1n) is 13.0. The number of hydrogen-bond acceptors (Lipinski definition) is 4. The SMILES string of the molecule is COc1cc(F)c(F)cc1C(=O)N[C@@H]1C2CCC(C2=CC2=CCOCC2)[C@@H]1C(=O)Nc1ccc(F)c(C(F)(F)F)c1. The highest BCUT2D eigenvalue weighted by molar-refractivity contribution is 5.99. The molecule has 2 unspecified atom stereocenters. The highest BCUT2D eigenvalue weighted by Crippen LogP contribution is 2.53. The maximum Gasteiger partial charge on any atom is 0.419 e. The molecular formula is C29H26F6N2O4. The maximum atomic E-state index is 14.0. The average molecular weight is 581 g/mol. The summed E-state index contributed by atoms with van der Waals surface area (Å²) in [5.74, 6) is -7.16. The van der Waals surface area contributed by atoms with Gasteiger partial charge in [-0.15, -0.1) is 0 Å². The lowest BCUT2D eigenvalue weighted by Crippen LogP contribution is -2.48. The Labute approximate surface area is 231 Å². The number of methoxy groups -OCH3 is 1. The molecule has 2 fully saturated rings. The Morgan fingerprint density at radius 2 is 1.76 bits per heavy atom. The van der Waals surface area contributed by atoms with Crippen LogP contribution in [-0.2, 0) is 15.7 Å². The molecule has 2 N–H and O–H groups in total. The van der Waals surface area contributed by atoms with E-state index in [0.717, 1.165) is 23.3 Å². The normalized spacial score (nSPS) is 24.8. The third-order valence-electron chi connectivity index (χ3n) is 7.88. The van der Waals surface area contributed by atoms with Gasteiger partial charge in [0.05, 0.1) is 37.4 Å². The summed E-state index contributed by atoms with van der Waals surface area (Å²) in [6.07, 6.45) is 0.799. The van der Waals surface area contributed by atoms with E-state index in [4.69, 9.17) is 9.47 Å². The zero-order valence-corrected chi connectivity index (χ0v) is 21.8. The summed E-state index contributed by atoms with van der Waals surface area (Å²) in [5, 5.41) is 5.24. The van der Waals surface area contributed by atoms with Crippen molar-refractivity contribution in [3.63, 3.8) is 0 Å². The minimum Gasteiger partial charge on any atom is -0.496 e. The van der Waals surface area contributed by atoms with Crippen LogP contribution in [0, 0.1) is 35.2 Å². The Hall–Kier alpha value is -3.80. The van der Waals surface area contributed by atoms with E-state index in [-0.39, 0.29) is 28.8 Å². The van der Waals surface area contributed by atoms with Crippen molar-refractivity contribution in [2.45, 2.75) is 31.5 Å². The Morgan fingerprint density at radius 1 is 1.02 bits per heavy atom. The fourth-order valence-electron chi connectivity index (χ4n) is 6.03. The van der Waals surface area contributed by atoms with Crippen LogP contribution in [0.15, 0.2) is 53.6 Å². The van der Waals surface area contributed by atoms with Gasteiger partial charge in [-0.3, -0.25) is 9.59 Å². The Balaban J connectivity index is 1.48. The van der Waals surface area contributed by atoms with Crippen molar-refractivity contribution in [2.24, 2.45) is 17.8 Å². The molecule has 2 saturated carbocycles. The molecule has 0 saturated heterocycles. The molecular weight excluding hydrogens is 554 g/mol. The van der Waals surface area contributed by atoms with Crippen LogP contribution in [0.2, 0.25) is 0 Å². The van der Waals surface area contributed by atoms with Gasteiger partial charge in [0.1, 0.15) is 11.6 Å². The van der Waals surface area contributed by atoms with E-state index >= 15 is 0 Å². The average Bonchev–Trinajstić information content (AvgIpc) is 3.45. The number of carbonyl (C=O) groups excluding carboxylic acids is 2. The van der Waals surface area contributed by atoms with Gasteiger partial charge in [-0.05, 0) is 55.0 Å². The van der Waals surface area contributed by atoms with Gasteiger partial charge >= 0.3 is 6.18 Å². The van der Waals surface area contributed by atoms with E-state index in [2.05, 4.69) is 10.6 Å². The summed E-state index contributed by atoms with van der Waals surface area (Å²) in [4.78, 5) is 26.9. The predicted octanol–water partition coefficient (Wildman–Crippen LogP) is 5.80. The van der Waals surface area contributed by atoms with Gasteiger partial charge in [0.2, 0.25) is 5.91 Å². The monoisotopic (exact) mass is 580 g/mol.